The number of likely N-dealkylation sites (N-methyl/N-ethyl adjacent to an activating group) is 1. The highest BCUT2D eigenvalue weighted by Crippen LogP contribution is 2.37. The Labute approximate surface area is 55.6 Å². The highest BCUT2D eigenvalue weighted by molar-refractivity contribution is 5.64. The van der Waals surface area contributed by atoms with Gasteiger partial charge in [0.15, 0.2) is 0 Å². The van der Waals surface area contributed by atoms with Gasteiger partial charge in [-0.2, -0.15) is 0 Å². The van der Waals surface area contributed by atoms with Crippen molar-refractivity contribution in [2.45, 2.75) is 25.3 Å². The molecule has 0 spiro atoms. The molecule has 2 nitrogen and oxygen atoms in total. The summed E-state index contributed by atoms with van der Waals surface area (Å²) in [7, 11) is 1.84. The van der Waals surface area contributed by atoms with Crippen LogP contribution in [-0.2, 0) is 4.79 Å². The van der Waals surface area contributed by atoms with Crippen LogP contribution in [0.15, 0.2) is 0 Å². The van der Waals surface area contributed by atoms with Crippen molar-refractivity contribution in [2.75, 3.05) is 7.05 Å². The van der Waals surface area contributed by atoms with Crippen molar-refractivity contribution in [2.24, 2.45) is 5.92 Å². The zero-order valence-electron chi connectivity index (χ0n) is 5.98. The maximum Gasteiger partial charge on any atom is 0.140 e. The van der Waals surface area contributed by atoms with Crippen molar-refractivity contribution in [1.29, 1.82) is 0 Å². The fourth-order valence-corrected chi connectivity index (χ4v) is 1.04. The third-order valence-electron chi connectivity index (χ3n) is 2.21. The Kier molecular flexibility index (Phi) is 1.58. The van der Waals surface area contributed by atoms with Crippen molar-refractivity contribution in [3.8, 4) is 0 Å². The summed E-state index contributed by atoms with van der Waals surface area (Å²) in [6.45, 7) is 1.96. The van der Waals surface area contributed by atoms with Crippen molar-refractivity contribution < 1.29 is 4.79 Å². The lowest BCUT2D eigenvalue weighted by molar-refractivity contribution is -0.113. The third kappa shape index (κ3) is 1.13. The summed E-state index contributed by atoms with van der Waals surface area (Å²) in [5, 5.41) is 3.02. The fourth-order valence-electron chi connectivity index (χ4n) is 1.04. The Morgan fingerprint density at radius 1 is 1.67 bits per heavy atom. The first-order chi connectivity index (χ1) is 4.23. The van der Waals surface area contributed by atoms with E-state index in [0.29, 0.717) is 5.92 Å². The van der Waals surface area contributed by atoms with Crippen LogP contribution in [0.5, 0.6) is 0 Å². The van der Waals surface area contributed by atoms with E-state index in [0.717, 1.165) is 6.29 Å². The van der Waals surface area contributed by atoms with Gasteiger partial charge < -0.3 is 10.1 Å². The summed E-state index contributed by atoms with van der Waals surface area (Å²) < 4.78 is 0. The molecule has 0 amide bonds. The average molecular weight is 127 g/mol. The van der Waals surface area contributed by atoms with E-state index in [1.54, 1.807) is 0 Å². The highest BCUT2D eigenvalue weighted by atomic mass is 16.1. The SMILES string of the molecule is CNC(C)(C=O)C1CC1. The molecule has 1 N–H and O–H groups in total. The summed E-state index contributed by atoms with van der Waals surface area (Å²) in [5.74, 6) is 0.597. The number of carbonyl (C=O) groups excluding carboxylic acids is 1. The lowest BCUT2D eigenvalue weighted by Crippen LogP contribution is -2.43. The predicted octanol–water partition coefficient (Wildman–Crippen LogP) is 0.573. The summed E-state index contributed by atoms with van der Waals surface area (Å²) in [6, 6.07) is 0. The van der Waals surface area contributed by atoms with E-state index < -0.39 is 0 Å². The normalized spacial score (nSPS) is 25.1. The summed E-state index contributed by atoms with van der Waals surface area (Å²) in [4.78, 5) is 10.5. The Morgan fingerprint density at radius 3 is 2.33 bits per heavy atom. The van der Waals surface area contributed by atoms with Gasteiger partial charge in [0.2, 0.25) is 0 Å². The lowest BCUT2D eigenvalue weighted by Gasteiger charge is -2.20. The second-order valence-electron chi connectivity index (χ2n) is 2.92. The molecule has 0 bridgehead atoms. The molecule has 1 fully saturated rings. The topological polar surface area (TPSA) is 29.1 Å². The second kappa shape index (κ2) is 2.10. The van der Waals surface area contributed by atoms with Gasteiger partial charge >= 0.3 is 0 Å². The minimum atomic E-state index is -0.236. The minimum absolute atomic E-state index is 0.236. The van der Waals surface area contributed by atoms with Crippen LogP contribution in [0.25, 0.3) is 0 Å². The first-order valence-corrected chi connectivity index (χ1v) is 3.38. The van der Waals surface area contributed by atoms with E-state index in [2.05, 4.69) is 5.32 Å². The molecule has 2 heteroatoms. The average Bonchev–Trinajstić information content (AvgIpc) is 2.68. The number of aldehydes is 1. The van der Waals surface area contributed by atoms with Crippen LogP contribution in [0.1, 0.15) is 19.8 Å². The van der Waals surface area contributed by atoms with E-state index in [-0.39, 0.29) is 5.54 Å². The summed E-state index contributed by atoms with van der Waals surface area (Å²) >= 11 is 0. The van der Waals surface area contributed by atoms with E-state index in [1.165, 1.54) is 12.8 Å². The minimum Gasteiger partial charge on any atom is -0.308 e. The zero-order valence-corrected chi connectivity index (χ0v) is 5.98. The largest absolute Gasteiger partial charge is 0.308 e. The molecule has 1 aliphatic carbocycles. The molecule has 0 saturated heterocycles. The molecule has 0 aromatic heterocycles. The monoisotopic (exact) mass is 127 g/mol. The number of hydrogen-bond donors (Lipinski definition) is 1. The van der Waals surface area contributed by atoms with Gasteiger partial charge in [-0.1, -0.05) is 0 Å². The molecule has 1 saturated carbocycles. The number of rotatable bonds is 3. The van der Waals surface area contributed by atoms with Crippen LogP contribution in [0, 0.1) is 5.92 Å². The summed E-state index contributed by atoms with van der Waals surface area (Å²) in [6.07, 6.45) is 3.43. The Hall–Kier alpha value is -0.370. The molecular formula is C7H13NO. The maximum atomic E-state index is 10.5. The van der Waals surface area contributed by atoms with Crippen LogP contribution < -0.4 is 5.32 Å². The van der Waals surface area contributed by atoms with Crippen molar-refractivity contribution in [1.82, 2.24) is 5.32 Å². The van der Waals surface area contributed by atoms with E-state index >= 15 is 0 Å². The molecule has 0 radical (unpaired) electrons. The zero-order chi connectivity index (χ0) is 6.91. The number of nitrogens with one attached hydrogen (secondary N) is 1. The Bertz CT molecular complexity index is 120. The molecule has 0 heterocycles. The number of hydrogen-bond acceptors (Lipinski definition) is 2. The van der Waals surface area contributed by atoms with Crippen molar-refractivity contribution in [3.63, 3.8) is 0 Å². The Morgan fingerprint density at radius 2 is 2.22 bits per heavy atom. The van der Waals surface area contributed by atoms with Gasteiger partial charge in [0.05, 0.1) is 5.54 Å². The quantitative estimate of drug-likeness (QED) is 0.562. The van der Waals surface area contributed by atoms with E-state index in [9.17, 15) is 4.79 Å². The molecule has 1 aliphatic rings. The van der Waals surface area contributed by atoms with Gasteiger partial charge in [0.1, 0.15) is 6.29 Å². The molecule has 52 valence electrons. The van der Waals surface area contributed by atoms with Crippen LogP contribution in [0.2, 0.25) is 0 Å². The molecule has 0 aliphatic heterocycles. The van der Waals surface area contributed by atoms with Crippen molar-refractivity contribution >= 4 is 6.29 Å². The van der Waals surface area contributed by atoms with Crippen LogP contribution >= 0.6 is 0 Å². The smallest absolute Gasteiger partial charge is 0.140 e. The van der Waals surface area contributed by atoms with Crippen molar-refractivity contribution in [3.05, 3.63) is 0 Å². The van der Waals surface area contributed by atoms with Crippen LogP contribution in [-0.4, -0.2) is 18.9 Å². The third-order valence-corrected chi connectivity index (χ3v) is 2.21. The lowest BCUT2D eigenvalue weighted by atomic mass is 9.99. The van der Waals surface area contributed by atoms with Gasteiger partial charge in [0, 0.05) is 0 Å². The Balaban J connectivity index is 2.53. The predicted molar refractivity (Wildman–Crippen MR) is 36.3 cm³/mol. The first-order valence-electron chi connectivity index (χ1n) is 3.38. The van der Waals surface area contributed by atoms with Gasteiger partial charge in [-0.05, 0) is 32.7 Å². The molecule has 0 aromatic rings. The van der Waals surface area contributed by atoms with Crippen LogP contribution in [0.4, 0.5) is 0 Å². The van der Waals surface area contributed by atoms with E-state index in [4.69, 9.17) is 0 Å². The first kappa shape index (κ1) is 6.75. The van der Waals surface area contributed by atoms with Gasteiger partial charge in [-0.15, -0.1) is 0 Å². The molecular weight excluding hydrogens is 114 g/mol. The van der Waals surface area contributed by atoms with Gasteiger partial charge in [0.25, 0.3) is 0 Å². The standard InChI is InChI=1S/C7H13NO/c1-7(5-9,8-2)6-3-4-6/h5-6,8H,3-4H2,1-2H3. The fraction of sp³-hybridized carbons (Fsp3) is 0.857. The molecule has 9 heavy (non-hydrogen) atoms. The maximum absolute atomic E-state index is 10.5. The molecule has 0 aromatic carbocycles. The summed E-state index contributed by atoms with van der Waals surface area (Å²) in [5.41, 5.74) is -0.236. The van der Waals surface area contributed by atoms with Gasteiger partial charge in [-0.25, -0.2) is 0 Å². The highest BCUT2D eigenvalue weighted by Gasteiger charge is 2.39. The van der Waals surface area contributed by atoms with Crippen LogP contribution in [0.3, 0.4) is 0 Å². The molecule has 1 rings (SSSR count). The molecule has 1 atom stereocenters. The number of carbonyl (C=O) groups is 1. The molecule has 1 unspecified atom stereocenters. The second-order valence-corrected chi connectivity index (χ2v) is 2.92. The van der Waals surface area contributed by atoms with Gasteiger partial charge in [-0.3, -0.25) is 0 Å². The van der Waals surface area contributed by atoms with E-state index in [1.807, 2.05) is 14.0 Å².